The zero-order valence-corrected chi connectivity index (χ0v) is 17.6. The van der Waals surface area contributed by atoms with Crippen LogP contribution in [0, 0.1) is 13.8 Å². The predicted molar refractivity (Wildman–Crippen MR) is 113 cm³/mol. The number of nitrogens with one attached hydrogen (secondary N) is 1. The molecule has 0 aliphatic carbocycles. The van der Waals surface area contributed by atoms with Crippen LogP contribution in [-0.4, -0.2) is 62.5 Å². The number of amides is 2. The van der Waals surface area contributed by atoms with Crippen molar-refractivity contribution >= 4 is 27.5 Å². The number of hydrogen-bond acceptors (Lipinski definition) is 4. The number of carbonyl (C=O) groups is 2. The molecule has 0 bridgehead atoms. The molecule has 1 aliphatic rings. The summed E-state index contributed by atoms with van der Waals surface area (Å²) in [7, 11) is -3.36. The van der Waals surface area contributed by atoms with Crippen LogP contribution in [0.3, 0.4) is 0 Å². The van der Waals surface area contributed by atoms with E-state index in [-0.39, 0.29) is 11.8 Å². The summed E-state index contributed by atoms with van der Waals surface area (Å²) >= 11 is 0. The van der Waals surface area contributed by atoms with Gasteiger partial charge in [0.1, 0.15) is 0 Å². The lowest BCUT2D eigenvalue weighted by atomic mass is 10.1. The van der Waals surface area contributed by atoms with E-state index in [2.05, 4.69) is 4.72 Å². The zero-order chi connectivity index (χ0) is 21.2. The number of nitrogens with zero attached hydrogens (tertiary/aromatic N) is 2. The SMILES string of the molecule is Cc1ccc(C(=O)N2CCN(C(=O)c3ccc(NS(C)(=O)=O)cc3)CC2)cc1C. The Kier molecular flexibility index (Phi) is 5.93. The average Bonchev–Trinajstić information content (AvgIpc) is 2.68. The van der Waals surface area contributed by atoms with Crippen LogP contribution in [0.2, 0.25) is 0 Å². The van der Waals surface area contributed by atoms with Gasteiger partial charge in [0.15, 0.2) is 0 Å². The number of aryl methyl sites for hydroxylation is 2. The summed E-state index contributed by atoms with van der Waals surface area (Å²) < 4.78 is 24.9. The summed E-state index contributed by atoms with van der Waals surface area (Å²) in [4.78, 5) is 28.9. The molecule has 1 saturated heterocycles. The Bertz CT molecular complexity index is 1020. The Morgan fingerprint density at radius 1 is 0.793 bits per heavy atom. The van der Waals surface area contributed by atoms with E-state index in [0.29, 0.717) is 43.0 Å². The van der Waals surface area contributed by atoms with E-state index < -0.39 is 10.0 Å². The molecule has 1 aliphatic heterocycles. The molecule has 29 heavy (non-hydrogen) atoms. The van der Waals surface area contributed by atoms with Gasteiger partial charge in [-0.15, -0.1) is 0 Å². The topological polar surface area (TPSA) is 86.8 Å². The molecule has 2 amide bonds. The van der Waals surface area contributed by atoms with Crippen LogP contribution in [0.4, 0.5) is 5.69 Å². The second-order valence-electron chi connectivity index (χ2n) is 7.34. The molecule has 7 nitrogen and oxygen atoms in total. The van der Waals surface area contributed by atoms with Crippen LogP contribution in [0.1, 0.15) is 31.8 Å². The van der Waals surface area contributed by atoms with Crippen molar-refractivity contribution in [1.82, 2.24) is 9.80 Å². The second-order valence-corrected chi connectivity index (χ2v) is 9.08. The molecule has 0 aromatic heterocycles. The maximum atomic E-state index is 12.7. The molecule has 0 atom stereocenters. The second kappa shape index (κ2) is 8.24. The first-order chi connectivity index (χ1) is 13.6. The number of benzene rings is 2. The molecule has 154 valence electrons. The van der Waals surface area contributed by atoms with E-state index in [1.54, 1.807) is 34.1 Å². The van der Waals surface area contributed by atoms with E-state index in [0.717, 1.165) is 17.4 Å². The maximum absolute atomic E-state index is 12.7. The number of piperazine rings is 1. The molecule has 8 heteroatoms. The first kappa shape index (κ1) is 20.9. The van der Waals surface area contributed by atoms with Gasteiger partial charge in [-0.2, -0.15) is 0 Å². The Balaban J connectivity index is 1.60. The van der Waals surface area contributed by atoms with Crippen LogP contribution < -0.4 is 4.72 Å². The van der Waals surface area contributed by atoms with Crippen molar-refractivity contribution in [2.24, 2.45) is 0 Å². The molecule has 2 aromatic carbocycles. The third-order valence-corrected chi connectivity index (χ3v) is 5.65. The minimum atomic E-state index is -3.36. The quantitative estimate of drug-likeness (QED) is 0.830. The Morgan fingerprint density at radius 3 is 1.76 bits per heavy atom. The van der Waals surface area contributed by atoms with Crippen molar-refractivity contribution in [3.8, 4) is 0 Å². The van der Waals surface area contributed by atoms with E-state index in [1.807, 2.05) is 32.0 Å². The van der Waals surface area contributed by atoms with Crippen LogP contribution in [0.5, 0.6) is 0 Å². The summed E-state index contributed by atoms with van der Waals surface area (Å²) in [5, 5.41) is 0. The molecule has 0 unspecified atom stereocenters. The largest absolute Gasteiger partial charge is 0.335 e. The molecule has 1 heterocycles. The lowest BCUT2D eigenvalue weighted by Gasteiger charge is -2.35. The Morgan fingerprint density at radius 2 is 1.28 bits per heavy atom. The van der Waals surface area contributed by atoms with E-state index in [9.17, 15) is 18.0 Å². The van der Waals surface area contributed by atoms with Gasteiger partial charge in [-0.3, -0.25) is 14.3 Å². The molecular formula is C21H25N3O4S. The fourth-order valence-corrected chi connectivity index (χ4v) is 3.81. The highest BCUT2D eigenvalue weighted by molar-refractivity contribution is 7.92. The van der Waals surface area contributed by atoms with Gasteiger partial charge in [-0.1, -0.05) is 6.07 Å². The van der Waals surface area contributed by atoms with Crippen molar-refractivity contribution in [3.05, 3.63) is 64.7 Å². The minimum absolute atomic E-state index is 0.0172. The first-order valence-electron chi connectivity index (χ1n) is 9.38. The standard InChI is InChI=1S/C21H25N3O4S/c1-15-4-5-18(14-16(15)2)21(26)24-12-10-23(11-13-24)20(25)17-6-8-19(9-7-17)22-29(3,27)28/h4-9,14,22H,10-13H2,1-3H3. The van der Waals surface area contributed by atoms with Crippen LogP contribution in [0.15, 0.2) is 42.5 Å². The predicted octanol–water partition coefficient (Wildman–Crippen LogP) is 2.27. The molecule has 0 spiro atoms. The number of hydrogen-bond donors (Lipinski definition) is 1. The summed E-state index contributed by atoms with van der Waals surface area (Å²) in [5.74, 6) is -0.148. The maximum Gasteiger partial charge on any atom is 0.253 e. The third kappa shape index (κ3) is 5.14. The summed E-state index contributed by atoms with van der Waals surface area (Å²) in [5.41, 5.74) is 3.79. The molecular weight excluding hydrogens is 390 g/mol. The number of sulfonamides is 1. The fraction of sp³-hybridized carbons (Fsp3) is 0.333. The van der Waals surface area contributed by atoms with Crippen LogP contribution in [-0.2, 0) is 10.0 Å². The van der Waals surface area contributed by atoms with E-state index >= 15 is 0 Å². The van der Waals surface area contributed by atoms with E-state index in [4.69, 9.17) is 0 Å². The highest BCUT2D eigenvalue weighted by Crippen LogP contribution is 2.16. The third-order valence-electron chi connectivity index (χ3n) is 5.04. The van der Waals surface area contributed by atoms with Crippen molar-refractivity contribution in [2.45, 2.75) is 13.8 Å². The van der Waals surface area contributed by atoms with Gasteiger partial charge < -0.3 is 9.80 Å². The highest BCUT2D eigenvalue weighted by Gasteiger charge is 2.25. The molecule has 0 saturated carbocycles. The van der Waals surface area contributed by atoms with Crippen molar-refractivity contribution in [1.29, 1.82) is 0 Å². The molecule has 2 aromatic rings. The minimum Gasteiger partial charge on any atom is -0.335 e. The van der Waals surface area contributed by atoms with E-state index in [1.165, 1.54) is 0 Å². The Labute approximate surface area is 171 Å². The summed E-state index contributed by atoms with van der Waals surface area (Å²) in [6.45, 7) is 5.87. The molecule has 1 fully saturated rings. The fourth-order valence-electron chi connectivity index (χ4n) is 3.25. The lowest BCUT2D eigenvalue weighted by Crippen LogP contribution is -2.50. The number of rotatable bonds is 4. The van der Waals surface area contributed by atoms with Crippen molar-refractivity contribution < 1.29 is 18.0 Å². The molecule has 3 rings (SSSR count). The number of carbonyl (C=O) groups excluding carboxylic acids is 2. The molecule has 1 N–H and O–H groups in total. The number of anilines is 1. The van der Waals surface area contributed by atoms with Gasteiger partial charge in [0.25, 0.3) is 11.8 Å². The summed E-state index contributed by atoms with van der Waals surface area (Å²) in [6.07, 6.45) is 1.07. The molecule has 0 radical (unpaired) electrons. The van der Waals surface area contributed by atoms with Gasteiger partial charge in [0.2, 0.25) is 10.0 Å². The van der Waals surface area contributed by atoms with Gasteiger partial charge >= 0.3 is 0 Å². The summed E-state index contributed by atoms with van der Waals surface area (Å²) in [6, 6.07) is 12.0. The average molecular weight is 416 g/mol. The van der Waals surface area contributed by atoms with Crippen LogP contribution >= 0.6 is 0 Å². The smallest absolute Gasteiger partial charge is 0.253 e. The van der Waals surface area contributed by atoms with Crippen molar-refractivity contribution in [3.63, 3.8) is 0 Å². The first-order valence-corrected chi connectivity index (χ1v) is 11.3. The zero-order valence-electron chi connectivity index (χ0n) is 16.8. The van der Waals surface area contributed by atoms with Crippen LogP contribution in [0.25, 0.3) is 0 Å². The van der Waals surface area contributed by atoms with Crippen molar-refractivity contribution in [2.75, 3.05) is 37.2 Å². The normalized spacial score (nSPS) is 14.6. The van der Waals surface area contributed by atoms with Gasteiger partial charge in [0, 0.05) is 43.0 Å². The monoisotopic (exact) mass is 415 g/mol. The van der Waals surface area contributed by atoms with Gasteiger partial charge in [-0.05, 0) is 61.4 Å². The van der Waals surface area contributed by atoms with Gasteiger partial charge in [-0.25, -0.2) is 8.42 Å². The van der Waals surface area contributed by atoms with Gasteiger partial charge in [0.05, 0.1) is 6.26 Å². The lowest BCUT2D eigenvalue weighted by molar-refractivity contribution is 0.0535. The highest BCUT2D eigenvalue weighted by atomic mass is 32.2. The Hall–Kier alpha value is -2.87.